The molecule has 0 spiro atoms. The first-order chi connectivity index (χ1) is 38.2. The molecular formula is C56H50ClN9O11S3. The van der Waals surface area contributed by atoms with Crippen molar-refractivity contribution in [1.29, 1.82) is 0 Å². The maximum absolute atomic E-state index is 17.2. The molecule has 3 aromatic heterocycles. The van der Waals surface area contributed by atoms with E-state index in [1.807, 2.05) is 0 Å². The van der Waals surface area contributed by atoms with Gasteiger partial charge < -0.3 is 9.47 Å². The second-order valence-corrected chi connectivity index (χ2v) is 23.7. The number of halogens is 1. The molecule has 0 saturated carbocycles. The van der Waals surface area contributed by atoms with E-state index in [1.54, 1.807) is 105 Å². The monoisotopic (exact) mass is 1160 g/mol. The lowest BCUT2D eigenvalue weighted by Crippen LogP contribution is -2.61. The summed E-state index contributed by atoms with van der Waals surface area (Å²) in [5.41, 5.74) is -3.21. The fourth-order valence-electron chi connectivity index (χ4n) is 9.48. The minimum absolute atomic E-state index is 0.0603. The SMILES string of the molecule is COc1ccc(S(=O)(=O)NC(=O)C(c2cc(C)nn2-c2ccccc2)C(C(=O)NS(=O)(=O)c2cccc(Cl)c2)(c2cc(C)nn2-c2ccccc2)C(C(=O)NS(=O)(=O)c2cccc(OC)c2)c2cc(C)nn2-c2ccccc2)cc1. The standard InChI is InChI=1S/C56H50ClN9O11S3/c1-36-31-48(64(58-36)40-18-9-6-10-19-40)51(53(67)61-78(70,71)45-29-27-43(76-4)28-30-45)56(50-33-38(3)60-66(50)42-22-13-8-14-23-42,55(69)63-80(74,75)46-25-15-17-39(57)34-46)52(49-32-37(2)59-65(49)41-20-11-7-12-21-41)54(68)62-79(72,73)47-26-16-24-44(35-47)77-5/h6-35,51-52H,1-5H3,(H,61,67)(H,62,68)(H,63,69). The number of para-hydroxylation sites is 3. The first kappa shape index (κ1) is 55.8. The van der Waals surface area contributed by atoms with Gasteiger partial charge in [-0.05, 0) is 130 Å². The Labute approximate surface area is 466 Å². The second kappa shape index (κ2) is 22.5. The summed E-state index contributed by atoms with van der Waals surface area (Å²) in [4.78, 5) is 48.9. The Balaban J connectivity index is 1.50. The highest BCUT2D eigenvalue weighted by molar-refractivity contribution is 7.90. The van der Waals surface area contributed by atoms with Gasteiger partial charge in [0.2, 0.25) is 17.7 Å². The van der Waals surface area contributed by atoms with Crippen molar-refractivity contribution in [2.24, 2.45) is 0 Å². The molecule has 3 N–H and O–H groups in total. The number of hydrogen-bond donors (Lipinski definition) is 3. The van der Waals surface area contributed by atoms with Crippen LogP contribution in [0.1, 0.15) is 46.0 Å². The van der Waals surface area contributed by atoms with E-state index in [-0.39, 0.29) is 62.1 Å². The molecule has 410 valence electrons. The molecular weight excluding hydrogens is 1110 g/mol. The van der Waals surface area contributed by atoms with Crippen LogP contribution in [0.25, 0.3) is 17.1 Å². The summed E-state index contributed by atoms with van der Waals surface area (Å²) in [7, 11) is -12.6. The van der Waals surface area contributed by atoms with E-state index in [1.165, 1.54) is 95.9 Å². The van der Waals surface area contributed by atoms with Crippen LogP contribution in [0.4, 0.5) is 0 Å². The Hall–Kier alpha value is -8.90. The number of benzene rings is 6. The molecule has 80 heavy (non-hydrogen) atoms. The number of nitrogens with zero attached hydrogens (tertiary/aromatic N) is 6. The molecule has 9 aromatic rings. The Morgan fingerprint density at radius 2 is 0.875 bits per heavy atom. The molecule has 0 aliphatic rings. The van der Waals surface area contributed by atoms with Crippen LogP contribution in [0.2, 0.25) is 5.02 Å². The second-order valence-electron chi connectivity index (χ2n) is 18.3. The van der Waals surface area contributed by atoms with Gasteiger partial charge in [-0.1, -0.05) is 78.3 Å². The lowest BCUT2D eigenvalue weighted by atomic mass is 9.60. The van der Waals surface area contributed by atoms with Crippen LogP contribution in [0.15, 0.2) is 197 Å². The van der Waals surface area contributed by atoms with E-state index >= 15 is 22.8 Å². The summed E-state index contributed by atoms with van der Waals surface area (Å²) in [5, 5.41) is 14.3. The highest BCUT2D eigenvalue weighted by Crippen LogP contribution is 2.52. The molecule has 0 fully saturated rings. The molecule has 3 atom stereocenters. The Kier molecular flexibility index (Phi) is 15.7. The Morgan fingerprint density at radius 3 is 1.35 bits per heavy atom. The first-order valence-electron chi connectivity index (χ1n) is 24.3. The summed E-state index contributed by atoms with van der Waals surface area (Å²) < 4.78 is 111. The average Bonchev–Trinajstić information content (AvgIpc) is 4.32. The zero-order valence-corrected chi connectivity index (χ0v) is 46.5. The summed E-state index contributed by atoms with van der Waals surface area (Å²) in [6, 6.07) is 43.5. The number of rotatable bonds is 19. The molecule has 20 nitrogen and oxygen atoms in total. The molecule has 3 heterocycles. The molecule has 0 aliphatic carbocycles. The van der Waals surface area contributed by atoms with Gasteiger partial charge in [0, 0.05) is 11.1 Å². The minimum Gasteiger partial charge on any atom is -0.497 e. The van der Waals surface area contributed by atoms with E-state index < -0.39 is 85.4 Å². The van der Waals surface area contributed by atoms with Gasteiger partial charge in [-0.3, -0.25) is 14.4 Å². The van der Waals surface area contributed by atoms with Crippen molar-refractivity contribution in [3.63, 3.8) is 0 Å². The average molecular weight is 1160 g/mol. The number of sulfonamides is 3. The third kappa shape index (κ3) is 11.1. The summed E-state index contributed by atoms with van der Waals surface area (Å²) in [6.07, 6.45) is 0. The first-order valence-corrected chi connectivity index (χ1v) is 29.1. The van der Waals surface area contributed by atoms with E-state index in [4.69, 9.17) is 36.4 Å². The molecule has 0 aliphatic heterocycles. The third-order valence-corrected chi connectivity index (χ3v) is 17.2. The zero-order valence-electron chi connectivity index (χ0n) is 43.3. The smallest absolute Gasteiger partial charge is 0.264 e. The third-order valence-electron chi connectivity index (χ3n) is 12.9. The van der Waals surface area contributed by atoms with Crippen molar-refractivity contribution in [1.82, 2.24) is 43.5 Å². The molecule has 9 rings (SSSR count). The molecule has 0 bridgehead atoms. The molecule has 3 amide bonds. The lowest BCUT2D eigenvalue weighted by molar-refractivity contribution is -0.137. The number of ether oxygens (including phenoxy) is 2. The number of carbonyl (C=O) groups is 3. The maximum atomic E-state index is 17.2. The summed E-state index contributed by atoms with van der Waals surface area (Å²) in [6.45, 7) is 4.62. The Morgan fingerprint density at radius 1 is 0.463 bits per heavy atom. The van der Waals surface area contributed by atoms with Gasteiger partial charge in [-0.25, -0.2) is 53.5 Å². The number of nitrogens with one attached hydrogen (secondary N) is 3. The fourth-order valence-corrected chi connectivity index (χ4v) is 12.8. The number of amides is 3. The van der Waals surface area contributed by atoms with Gasteiger partial charge >= 0.3 is 0 Å². The molecule has 24 heteroatoms. The molecule has 0 radical (unpaired) electrons. The predicted octanol–water partition coefficient (Wildman–Crippen LogP) is 7.16. The number of carbonyl (C=O) groups excluding carboxylic acids is 3. The van der Waals surface area contributed by atoms with Crippen molar-refractivity contribution in [3.05, 3.63) is 221 Å². The normalized spacial score (nSPS) is 13.3. The number of methoxy groups -OCH3 is 2. The Bertz CT molecular complexity index is 4140. The van der Waals surface area contributed by atoms with Crippen LogP contribution in [0.5, 0.6) is 11.5 Å². The van der Waals surface area contributed by atoms with Crippen molar-refractivity contribution in [3.8, 4) is 28.6 Å². The molecule has 6 aromatic carbocycles. The van der Waals surface area contributed by atoms with Crippen LogP contribution in [-0.4, -0.2) is 86.5 Å². The van der Waals surface area contributed by atoms with Crippen LogP contribution < -0.4 is 23.6 Å². The minimum atomic E-state index is -5.20. The topological polar surface area (TPSA) is 262 Å². The van der Waals surface area contributed by atoms with Crippen LogP contribution >= 0.6 is 11.6 Å². The van der Waals surface area contributed by atoms with Gasteiger partial charge in [0.05, 0.1) is 80.1 Å². The van der Waals surface area contributed by atoms with Gasteiger partial charge in [-0.2, -0.15) is 15.3 Å². The molecule has 0 saturated heterocycles. The van der Waals surface area contributed by atoms with Crippen LogP contribution in [-0.2, 0) is 49.9 Å². The van der Waals surface area contributed by atoms with Crippen molar-refractivity contribution in [2.75, 3.05) is 14.2 Å². The van der Waals surface area contributed by atoms with E-state index in [9.17, 15) is 16.8 Å². The number of aryl methyl sites for hydroxylation is 3. The fraction of sp³-hybridized carbons (Fsp3) is 0.143. The van der Waals surface area contributed by atoms with Gasteiger partial charge in [0.25, 0.3) is 30.1 Å². The van der Waals surface area contributed by atoms with Crippen molar-refractivity contribution >= 4 is 59.4 Å². The number of hydrogen-bond acceptors (Lipinski definition) is 14. The highest BCUT2D eigenvalue weighted by atomic mass is 35.5. The van der Waals surface area contributed by atoms with E-state index in [0.29, 0.717) is 0 Å². The number of aromatic nitrogens is 6. The quantitative estimate of drug-likeness (QED) is 0.0726. The van der Waals surface area contributed by atoms with Crippen LogP contribution in [0.3, 0.4) is 0 Å². The van der Waals surface area contributed by atoms with Gasteiger partial charge in [0.15, 0.2) is 0 Å². The predicted molar refractivity (Wildman–Crippen MR) is 295 cm³/mol. The zero-order chi connectivity index (χ0) is 57.1. The highest BCUT2D eigenvalue weighted by Gasteiger charge is 2.64. The van der Waals surface area contributed by atoms with Crippen molar-refractivity contribution < 1.29 is 49.1 Å². The summed E-state index contributed by atoms with van der Waals surface area (Å²) >= 11 is 6.38. The molecule has 3 unspecified atom stereocenters. The summed E-state index contributed by atoms with van der Waals surface area (Å²) in [5.74, 6) is -9.42. The van der Waals surface area contributed by atoms with Gasteiger partial charge in [-0.15, -0.1) is 0 Å². The van der Waals surface area contributed by atoms with E-state index in [2.05, 4.69) is 14.2 Å². The van der Waals surface area contributed by atoms with Gasteiger partial charge in [0.1, 0.15) is 28.7 Å². The van der Waals surface area contributed by atoms with E-state index in [0.717, 1.165) is 30.3 Å². The van der Waals surface area contributed by atoms with Crippen molar-refractivity contribution in [2.45, 2.75) is 52.7 Å². The lowest BCUT2D eigenvalue weighted by Gasteiger charge is -2.43. The maximum Gasteiger partial charge on any atom is 0.264 e. The largest absolute Gasteiger partial charge is 0.497 e. The van der Waals surface area contributed by atoms with Crippen LogP contribution in [0, 0.1) is 20.8 Å².